The number of aliphatic hydroxyl groups is 1. The summed E-state index contributed by atoms with van der Waals surface area (Å²) >= 11 is 0. The molecule has 171 valence electrons. The zero-order chi connectivity index (χ0) is 21.6. The van der Waals surface area contributed by atoms with Crippen molar-refractivity contribution in [1.82, 2.24) is 0 Å². The van der Waals surface area contributed by atoms with E-state index < -0.39 is 6.10 Å². The first-order valence-electron chi connectivity index (χ1n) is 10.7. The van der Waals surface area contributed by atoms with Gasteiger partial charge in [-0.15, -0.1) is 46.7 Å². The van der Waals surface area contributed by atoms with Gasteiger partial charge in [-0.1, -0.05) is 96.1 Å². The predicted octanol–water partition coefficient (Wildman–Crippen LogP) is 1.40. The SMILES string of the molecule is CC1=CC(c2[c-]c3ccccc3cc2)C(C)=C1.OC(c1ccccc1)c1ccccc1.[Cl-].[Cl-].[Ti+3]. The minimum Gasteiger partial charge on any atom is -1.00 e. The molecule has 5 rings (SSSR count). The number of hydrogen-bond donors (Lipinski definition) is 1. The van der Waals surface area contributed by atoms with Crippen LogP contribution < -0.4 is 24.8 Å². The van der Waals surface area contributed by atoms with Crippen LogP contribution in [0.2, 0.25) is 0 Å². The summed E-state index contributed by atoms with van der Waals surface area (Å²) < 4.78 is 0. The van der Waals surface area contributed by atoms with Crippen molar-refractivity contribution in [2.24, 2.45) is 0 Å². The molecule has 1 unspecified atom stereocenters. The molecule has 0 amide bonds. The molecule has 4 heteroatoms. The third-order valence-electron chi connectivity index (χ3n) is 5.62. The Kier molecular flexibility index (Phi) is 12.6. The fraction of sp³-hybridized carbons (Fsp3) is 0.133. The average molecular weight is 522 g/mol. The predicted molar refractivity (Wildman–Crippen MR) is 130 cm³/mol. The van der Waals surface area contributed by atoms with E-state index in [0.29, 0.717) is 5.92 Å². The van der Waals surface area contributed by atoms with Gasteiger partial charge in [0.15, 0.2) is 0 Å². The summed E-state index contributed by atoms with van der Waals surface area (Å²) in [5.74, 6) is 0.416. The van der Waals surface area contributed by atoms with Crippen molar-refractivity contribution in [1.29, 1.82) is 0 Å². The quantitative estimate of drug-likeness (QED) is 0.319. The van der Waals surface area contributed by atoms with Crippen LogP contribution >= 0.6 is 0 Å². The summed E-state index contributed by atoms with van der Waals surface area (Å²) in [6, 6.07) is 35.7. The van der Waals surface area contributed by atoms with E-state index in [1.807, 2.05) is 60.7 Å². The van der Waals surface area contributed by atoms with Crippen LogP contribution in [0.1, 0.15) is 42.6 Å². The van der Waals surface area contributed by atoms with Gasteiger partial charge in [0.05, 0.1) is 0 Å². The molecule has 0 aliphatic heterocycles. The maximum absolute atomic E-state index is 9.99. The molecule has 4 aromatic carbocycles. The molecule has 0 bridgehead atoms. The Bertz CT molecular complexity index is 1180. The van der Waals surface area contributed by atoms with Crippen molar-refractivity contribution >= 4 is 10.8 Å². The largest absolute Gasteiger partial charge is 3.00 e. The third-order valence-corrected chi connectivity index (χ3v) is 5.62. The summed E-state index contributed by atoms with van der Waals surface area (Å²) in [7, 11) is 0. The summed E-state index contributed by atoms with van der Waals surface area (Å²) in [5, 5.41) is 12.5. The number of allylic oxidation sites excluding steroid dienone is 4. The van der Waals surface area contributed by atoms with Crippen LogP contribution in [0, 0.1) is 6.07 Å². The second-order valence-electron chi connectivity index (χ2n) is 8.00. The first kappa shape index (κ1) is 29.9. The summed E-state index contributed by atoms with van der Waals surface area (Å²) in [5.41, 5.74) is 5.90. The van der Waals surface area contributed by atoms with Crippen molar-refractivity contribution in [3.05, 3.63) is 143 Å². The number of aliphatic hydroxyl groups excluding tert-OH is 1. The van der Waals surface area contributed by atoms with Crippen LogP contribution in [0.15, 0.2) is 120 Å². The number of halogens is 2. The third kappa shape index (κ3) is 7.44. The Morgan fingerprint density at radius 1 is 0.706 bits per heavy atom. The number of hydrogen-bond acceptors (Lipinski definition) is 1. The Hall–Kier alpha value is -2.13. The van der Waals surface area contributed by atoms with E-state index in [2.05, 4.69) is 68.5 Å². The van der Waals surface area contributed by atoms with E-state index in [-0.39, 0.29) is 46.5 Å². The van der Waals surface area contributed by atoms with Crippen molar-refractivity contribution in [2.45, 2.75) is 25.9 Å². The average Bonchev–Trinajstić information content (AvgIpc) is 3.17. The molecule has 0 aromatic heterocycles. The van der Waals surface area contributed by atoms with Gasteiger partial charge in [-0.05, 0) is 25.0 Å². The molecule has 34 heavy (non-hydrogen) atoms. The zero-order valence-corrected chi connectivity index (χ0v) is 22.3. The Balaban J connectivity index is 0.000000317. The molecule has 0 saturated heterocycles. The number of rotatable bonds is 3. The molecule has 1 N–H and O–H groups in total. The minimum absolute atomic E-state index is 0. The fourth-order valence-electron chi connectivity index (χ4n) is 4.00. The van der Waals surface area contributed by atoms with E-state index in [1.54, 1.807) is 0 Å². The Morgan fingerprint density at radius 3 is 1.76 bits per heavy atom. The maximum atomic E-state index is 9.99. The summed E-state index contributed by atoms with van der Waals surface area (Å²) in [6.07, 6.45) is 4.06. The van der Waals surface area contributed by atoms with Gasteiger partial charge in [-0.25, -0.2) is 0 Å². The van der Waals surface area contributed by atoms with Crippen molar-refractivity contribution in [3.8, 4) is 0 Å². The van der Waals surface area contributed by atoms with Crippen LogP contribution in [0.3, 0.4) is 0 Å². The van der Waals surface area contributed by atoms with Gasteiger partial charge in [0, 0.05) is 5.92 Å². The van der Waals surface area contributed by atoms with Crippen LogP contribution in [-0.4, -0.2) is 5.11 Å². The van der Waals surface area contributed by atoms with Crippen molar-refractivity contribution in [3.63, 3.8) is 0 Å². The van der Waals surface area contributed by atoms with Crippen LogP contribution in [0.4, 0.5) is 0 Å². The van der Waals surface area contributed by atoms with Gasteiger partial charge in [0.2, 0.25) is 0 Å². The molecule has 4 aromatic rings. The van der Waals surface area contributed by atoms with E-state index >= 15 is 0 Å². The normalized spacial score (nSPS) is 13.9. The standard InChI is InChI=1S/C17H15.C13H12O.2ClH.Ti/c1-12-9-13(2)17(10-12)16-8-7-14-5-3-4-6-15(14)11-16;14-13(11-7-3-1-4-8-11)12-9-5-2-6-10-12;;;/h3-10,17H,1-2H3;1-10,13-14H;2*1H;/q-1;;;;+3/p-2. The van der Waals surface area contributed by atoms with Gasteiger partial charge >= 0.3 is 21.7 Å². The van der Waals surface area contributed by atoms with E-state index in [9.17, 15) is 5.11 Å². The summed E-state index contributed by atoms with van der Waals surface area (Å²) in [4.78, 5) is 0. The molecule has 0 spiro atoms. The molecule has 1 atom stereocenters. The molecule has 0 heterocycles. The minimum atomic E-state index is -0.516. The molecule has 1 aliphatic rings. The Morgan fingerprint density at radius 2 is 1.24 bits per heavy atom. The van der Waals surface area contributed by atoms with Crippen LogP contribution in [0.25, 0.3) is 10.8 Å². The second kappa shape index (κ2) is 14.3. The van der Waals surface area contributed by atoms with Gasteiger partial charge in [0.25, 0.3) is 0 Å². The molecule has 0 fully saturated rings. The smallest absolute Gasteiger partial charge is 1.00 e. The fourth-order valence-corrected chi connectivity index (χ4v) is 4.00. The van der Waals surface area contributed by atoms with Crippen LogP contribution in [0.5, 0.6) is 0 Å². The number of fused-ring (bicyclic) bond motifs is 1. The van der Waals surface area contributed by atoms with E-state index in [1.165, 1.54) is 27.5 Å². The monoisotopic (exact) mass is 521 g/mol. The van der Waals surface area contributed by atoms with Crippen molar-refractivity contribution < 1.29 is 51.6 Å². The summed E-state index contributed by atoms with van der Waals surface area (Å²) in [6.45, 7) is 4.35. The van der Waals surface area contributed by atoms with Gasteiger partial charge in [-0.3, -0.25) is 0 Å². The molecular weight excluding hydrogens is 495 g/mol. The zero-order valence-electron chi connectivity index (χ0n) is 19.3. The molecule has 1 aliphatic carbocycles. The van der Waals surface area contributed by atoms with E-state index in [0.717, 1.165) is 11.1 Å². The van der Waals surface area contributed by atoms with Crippen LogP contribution in [-0.2, 0) is 21.7 Å². The number of benzene rings is 4. The maximum Gasteiger partial charge on any atom is 3.00 e. The molecular formula is C30H27Cl2OTi. The van der Waals surface area contributed by atoms with E-state index in [4.69, 9.17) is 0 Å². The molecule has 1 nitrogen and oxygen atoms in total. The first-order chi connectivity index (χ1) is 15.1. The Labute approximate surface area is 230 Å². The molecule has 1 radical (unpaired) electrons. The first-order valence-corrected chi connectivity index (χ1v) is 10.7. The van der Waals surface area contributed by atoms with Crippen molar-refractivity contribution in [2.75, 3.05) is 0 Å². The van der Waals surface area contributed by atoms with Gasteiger partial charge < -0.3 is 29.9 Å². The molecule has 0 saturated carbocycles. The van der Waals surface area contributed by atoms with Gasteiger partial charge in [0.1, 0.15) is 6.10 Å². The second-order valence-corrected chi connectivity index (χ2v) is 8.00. The van der Waals surface area contributed by atoms with Gasteiger partial charge in [-0.2, -0.15) is 0 Å². The topological polar surface area (TPSA) is 20.2 Å².